The van der Waals surface area contributed by atoms with Gasteiger partial charge in [0.05, 0.1) is 5.69 Å². The molecule has 2 aromatic carbocycles. The molecule has 3 rings (SSSR count). The highest BCUT2D eigenvalue weighted by molar-refractivity contribution is 5.65. The predicted octanol–water partition coefficient (Wildman–Crippen LogP) is 4.42. The summed E-state index contributed by atoms with van der Waals surface area (Å²) in [5.74, 6) is 0.0902. The van der Waals surface area contributed by atoms with Crippen molar-refractivity contribution in [1.82, 2.24) is 9.97 Å². The van der Waals surface area contributed by atoms with Gasteiger partial charge in [-0.15, -0.1) is 0 Å². The van der Waals surface area contributed by atoms with E-state index in [1.165, 1.54) is 6.07 Å². The summed E-state index contributed by atoms with van der Waals surface area (Å²) >= 11 is 0. The lowest BCUT2D eigenvalue weighted by atomic mass is 10.2. The van der Waals surface area contributed by atoms with Crippen molar-refractivity contribution in [2.45, 2.75) is 0 Å². The van der Waals surface area contributed by atoms with Crippen molar-refractivity contribution in [2.24, 2.45) is 0 Å². The first-order valence-electron chi connectivity index (χ1n) is 6.88. The van der Waals surface area contributed by atoms with Crippen LogP contribution in [0.1, 0.15) is 5.56 Å². The van der Waals surface area contributed by atoms with Gasteiger partial charge >= 0.3 is 0 Å². The second-order valence-electron chi connectivity index (χ2n) is 4.60. The highest BCUT2D eigenvalue weighted by Gasteiger charge is 2.12. The second kappa shape index (κ2) is 6.63. The van der Waals surface area contributed by atoms with Crippen LogP contribution in [0.4, 0.5) is 16.0 Å². The summed E-state index contributed by atoms with van der Waals surface area (Å²) in [6.45, 7) is 0. The van der Waals surface area contributed by atoms with Gasteiger partial charge in [-0.3, -0.25) is 4.90 Å². The van der Waals surface area contributed by atoms with Gasteiger partial charge in [-0.1, -0.05) is 42.5 Å². The minimum atomic E-state index is -0.326. The third-order valence-corrected chi connectivity index (χ3v) is 3.10. The lowest BCUT2D eigenvalue weighted by Gasteiger charge is -2.18. The number of nitrogens with zero attached hydrogens (tertiary/aromatic N) is 3. The van der Waals surface area contributed by atoms with E-state index in [0.717, 1.165) is 5.56 Å². The van der Waals surface area contributed by atoms with Crippen LogP contribution >= 0.6 is 0 Å². The Labute approximate surface area is 128 Å². The Balaban J connectivity index is 2.01. The molecule has 0 aliphatic carbocycles. The molecule has 3 nitrogen and oxygen atoms in total. The van der Waals surface area contributed by atoms with Crippen molar-refractivity contribution >= 4 is 17.7 Å². The van der Waals surface area contributed by atoms with Crippen LogP contribution in [-0.2, 0) is 0 Å². The quantitative estimate of drug-likeness (QED) is 0.712. The number of para-hydroxylation sites is 1. The van der Waals surface area contributed by atoms with Gasteiger partial charge in [-0.05, 0) is 29.8 Å². The second-order valence-corrected chi connectivity index (χ2v) is 4.60. The molecule has 0 aliphatic heterocycles. The van der Waals surface area contributed by atoms with Crippen molar-refractivity contribution in [1.29, 1.82) is 0 Å². The van der Waals surface area contributed by atoms with Crippen LogP contribution in [0.15, 0.2) is 79.3 Å². The summed E-state index contributed by atoms with van der Waals surface area (Å²) in [4.78, 5) is 10.0. The summed E-state index contributed by atoms with van der Waals surface area (Å²) < 4.78 is 14.1. The lowest BCUT2D eigenvalue weighted by Crippen LogP contribution is -2.13. The number of anilines is 2. The largest absolute Gasteiger partial charge is 0.283 e. The number of halogens is 1. The fraction of sp³-hybridized carbons (Fsp3) is 0. The zero-order chi connectivity index (χ0) is 15.2. The maximum absolute atomic E-state index is 14.1. The highest BCUT2D eigenvalue weighted by Crippen LogP contribution is 2.25. The van der Waals surface area contributed by atoms with Crippen molar-refractivity contribution in [3.63, 3.8) is 0 Å². The average molecular weight is 291 g/mol. The van der Waals surface area contributed by atoms with Gasteiger partial charge in [0, 0.05) is 18.6 Å². The SMILES string of the molecule is Fc1ccccc1N(/C=C/c1ccccc1)c1ncccn1. The van der Waals surface area contributed by atoms with Gasteiger partial charge in [0.15, 0.2) is 0 Å². The molecule has 108 valence electrons. The Morgan fingerprint density at radius 3 is 2.23 bits per heavy atom. The molecule has 0 saturated carbocycles. The van der Waals surface area contributed by atoms with E-state index in [4.69, 9.17) is 0 Å². The molecule has 4 heteroatoms. The molecule has 0 fully saturated rings. The number of aromatic nitrogens is 2. The van der Waals surface area contributed by atoms with Crippen molar-refractivity contribution in [3.05, 3.63) is 90.6 Å². The molecule has 0 spiro atoms. The molecule has 1 aromatic heterocycles. The van der Waals surface area contributed by atoms with E-state index in [1.807, 2.05) is 36.4 Å². The van der Waals surface area contributed by atoms with E-state index in [2.05, 4.69) is 9.97 Å². The normalized spacial score (nSPS) is 10.8. The third-order valence-electron chi connectivity index (χ3n) is 3.10. The predicted molar refractivity (Wildman–Crippen MR) is 86.0 cm³/mol. The highest BCUT2D eigenvalue weighted by atomic mass is 19.1. The van der Waals surface area contributed by atoms with E-state index in [-0.39, 0.29) is 5.82 Å². The fourth-order valence-corrected chi connectivity index (χ4v) is 2.04. The van der Waals surface area contributed by atoms with Crippen LogP contribution in [0, 0.1) is 5.82 Å². The zero-order valence-electron chi connectivity index (χ0n) is 11.8. The van der Waals surface area contributed by atoms with Crippen molar-refractivity contribution in [2.75, 3.05) is 4.90 Å². The van der Waals surface area contributed by atoms with Gasteiger partial charge < -0.3 is 0 Å². The molecule has 0 unspecified atom stereocenters. The smallest absolute Gasteiger partial charge is 0.234 e. The number of rotatable bonds is 4. The molecule has 0 saturated heterocycles. The number of benzene rings is 2. The Hall–Kier alpha value is -3.01. The molecule has 0 amide bonds. The molecule has 0 atom stereocenters. The molecule has 0 aliphatic rings. The van der Waals surface area contributed by atoms with E-state index in [1.54, 1.807) is 47.8 Å². The molecule has 0 N–H and O–H groups in total. The lowest BCUT2D eigenvalue weighted by molar-refractivity contribution is 0.628. The Bertz CT molecular complexity index is 758. The van der Waals surface area contributed by atoms with E-state index in [0.29, 0.717) is 11.6 Å². The first kappa shape index (κ1) is 13.9. The maximum Gasteiger partial charge on any atom is 0.234 e. The van der Waals surface area contributed by atoms with Gasteiger partial charge in [-0.25, -0.2) is 14.4 Å². The standard InChI is InChI=1S/C18H14FN3/c19-16-9-4-5-10-17(16)22(18-20-12-6-13-21-18)14-11-15-7-2-1-3-8-15/h1-14H/b14-11+. The van der Waals surface area contributed by atoms with Gasteiger partial charge in [0.2, 0.25) is 5.95 Å². The minimum Gasteiger partial charge on any atom is -0.283 e. The first-order chi connectivity index (χ1) is 10.8. The third kappa shape index (κ3) is 3.17. The maximum atomic E-state index is 14.1. The van der Waals surface area contributed by atoms with Crippen molar-refractivity contribution < 1.29 is 4.39 Å². The van der Waals surface area contributed by atoms with Gasteiger partial charge in [0.1, 0.15) is 5.82 Å². The van der Waals surface area contributed by atoms with Crippen LogP contribution in [0.2, 0.25) is 0 Å². The molecule has 1 heterocycles. The summed E-state index contributed by atoms with van der Waals surface area (Å²) in [6.07, 6.45) is 6.92. The number of hydrogen-bond donors (Lipinski definition) is 0. The van der Waals surface area contributed by atoms with Crippen LogP contribution in [0.3, 0.4) is 0 Å². The summed E-state index contributed by atoms with van der Waals surface area (Å²) in [7, 11) is 0. The molecular formula is C18H14FN3. The Kier molecular flexibility index (Phi) is 4.20. The monoisotopic (exact) mass is 291 g/mol. The van der Waals surface area contributed by atoms with E-state index >= 15 is 0 Å². The molecule has 22 heavy (non-hydrogen) atoms. The fourth-order valence-electron chi connectivity index (χ4n) is 2.04. The molecule has 0 bridgehead atoms. The topological polar surface area (TPSA) is 29.0 Å². The summed E-state index contributed by atoms with van der Waals surface area (Å²) in [5.41, 5.74) is 1.42. The van der Waals surface area contributed by atoms with Gasteiger partial charge in [-0.2, -0.15) is 0 Å². The van der Waals surface area contributed by atoms with Crippen LogP contribution in [0.5, 0.6) is 0 Å². The van der Waals surface area contributed by atoms with Gasteiger partial charge in [0.25, 0.3) is 0 Å². The molecular weight excluding hydrogens is 277 g/mol. The van der Waals surface area contributed by atoms with E-state index in [9.17, 15) is 4.39 Å². The Morgan fingerprint density at radius 1 is 0.818 bits per heavy atom. The van der Waals surface area contributed by atoms with Crippen molar-refractivity contribution in [3.8, 4) is 0 Å². The minimum absolute atomic E-state index is 0.326. The summed E-state index contributed by atoms with van der Waals surface area (Å²) in [6, 6.07) is 18.1. The molecule has 3 aromatic rings. The summed E-state index contributed by atoms with van der Waals surface area (Å²) in [5, 5.41) is 0. The molecule has 0 radical (unpaired) electrons. The first-order valence-corrected chi connectivity index (χ1v) is 6.88. The Morgan fingerprint density at radius 2 is 1.50 bits per heavy atom. The van der Waals surface area contributed by atoms with Crippen LogP contribution in [0.25, 0.3) is 6.08 Å². The zero-order valence-corrected chi connectivity index (χ0v) is 11.8. The van der Waals surface area contributed by atoms with E-state index < -0.39 is 0 Å². The van der Waals surface area contributed by atoms with Crippen LogP contribution in [-0.4, -0.2) is 9.97 Å². The average Bonchev–Trinajstić information content (AvgIpc) is 2.58. The van der Waals surface area contributed by atoms with Crippen LogP contribution < -0.4 is 4.90 Å². The number of hydrogen-bond acceptors (Lipinski definition) is 3.